The van der Waals surface area contributed by atoms with E-state index in [2.05, 4.69) is 241 Å². The van der Waals surface area contributed by atoms with Crippen molar-refractivity contribution in [1.29, 1.82) is 0 Å². The van der Waals surface area contributed by atoms with Crippen LogP contribution in [-0.2, 0) is 0 Å². The third-order valence-electron chi connectivity index (χ3n) is 13.2. The molecule has 0 spiro atoms. The summed E-state index contributed by atoms with van der Waals surface area (Å²) in [7, 11) is 0. The van der Waals surface area contributed by atoms with Crippen molar-refractivity contribution in [2.45, 2.75) is 0 Å². The zero-order valence-corrected chi connectivity index (χ0v) is 35.7. The molecule has 11 aromatic carbocycles. The number of nitrogens with zero attached hydrogens (tertiary/aromatic N) is 1. The monoisotopic (exact) mass is 829 g/mol. The van der Waals surface area contributed by atoms with E-state index >= 15 is 0 Å². The Hall–Kier alpha value is -8.04. The molecule has 0 saturated heterocycles. The second kappa shape index (κ2) is 14.8. The molecule has 0 atom stereocenters. The lowest BCUT2D eigenvalue weighted by atomic mass is 9.86. The van der Waals surface area contributed by atoms with Crippen LogP contribution in [0.4, 0.5) is 0 Å². The summed E-state index contributed by atoms with van der Waals surface area (Å²) in [5.74, 6) is 0. The Morgan fingerprint density at radius 1 is 0.266 bits per heavy atom. The number of thiophene rings is 1. The molecule has 64 heavy (non-hydrogen) atoms. The van der Waals surface area contributed by atoms with E-state index in [1.54, 1.807) is 0 Å². The first-order valence-corrected chi connectivity index (χ1v) is 22.8. The Morgan fingerprint density at radius 3 is 1.44 bits per heavy atom. The first-order chi connectivity index (χ1) is 31.7. The van der Waals surface area contributed by atoms with Gasteiger partial charge in [0.1, 0.15) is 0 Å². The van der Waals surface area contributed by atoms with Gasteiger partial charge in [-0.15, -0.1) is 11.3 Å². The molecule has 2 aromatic heterocycles. The van der Waals surface area contributed by atoms with E-state index in [4.69, 9.17) is 0 Å². The molecule has 0 unspecified atom stereocenters. The Morgan fingerprint density at radius 2 is 0.766 bits per heavy atom. The largest absolute Gasteiger partial charge is 0.309 e. The number of aromatic nitrogens is 1. The van der Waals surface area contributed by atoms with Crippen molar-refractivity contribution in [3.63, 3.8) is 0 Å². The van der Waals surface area contributed by atoms with Gasteiger partial charge in [-0.3, -0.25) is 0 Å². The van der Waals surface area contributed by atoms with Crippen LogP contribution in [0.15, 0.2) is 237 Å². The summed E-state index contributed by atoms with van der Waals surface area (Å²) in [6.07, 6.45) is 0. The van der Waals surface area contributed by atoms with Crippen LogP contribution in [0.2, 0.25) is 0 Å². The summed E-state index contributed by atoms with van der Waals surface area (Å²) in [5.41, 5.74) is 15.8. The summed E-state index contributed by atoms with van der Waals surface area (Å²) in [6.45, 7) is 0. The Labute approximate surface area is 375 Å². The fraction of sp³-hybridized carbons (Fsp3) is 0. The van der Waals surface area contributed by atoms with E-state index in [-0.39, 0.29) is 0 Å². The van der Waals surface area contributed by atoms with E-state index in [1.807, 2.05) is 11.3 Å². The molecule has 13 rings (SSSR count). The van der Waals surface area contributed by atoms with E-state index in [0.29, 0.717) is 0 Å². The van der Waals surface area contributed by atoms with Crippen molar-refractivity contribution in [1.82, 2.24) is 4.57 Å². The summed E-state index contributed by atoms with van der Waals surface area (Å²) in [6, 6.07) is 87.3. The lowest BCUT2D eigenvalue weighted by Crippen LogP contribution is -1.96. The number of hydrogen-bond donors (Lipinski definition) is 0. The highest BCUT2D eigenvalue weighted by Crippen LogP contribution is 2.47. The normalized spacial score (nSPS) is 11.8. The molecular weight excluding hydrogens is 791 g/mol. The predicted molar refractivity (Wildman–Crippen MR) is 276 cm³/mol. The number of para-hydroxylation sites is 1. The van der Waals surface area contributed by atoms with E-state index in [1.165, 1.54) is 119 Å². The molecule has 298 valence electrons. The Bertz CT molecular complexity index is 3920. The van der Waals surface area contributed by atoms with Gasteiger partial charge in [0, 0.05) is 42.2 Å². The van der Waals surface area contributed by atoms with Crippen LogP contribution in [0.25, 0.3) is 125 Å². The van der Waals surface area contributed by atoms with E-state index in [0.717, 1.165) is 5.69 Å². The van der Waals surface area contributed by atoms with Crippen LogP contribution >= 0.6 is 11.3 Å². The molecule has 2 heteroatoms. The molecule has 2 heterocycles. The molecule has 1 nitrogen and oxygen atoms in total. The van der Waals surface area contributed by atoms with Crippen molar-refractivity contribution in [3.8, 4) is 61.3 Å². The van der Waals surface area contributed by atoms with Gasteiger partial charge in [-0.1, -0.05) is 188 Å². The second-order valence-corrected chi connectivity index (χ2v) is 17.8. The minimum Gasteiger partial charge on any atom is -0.309 e. The van der Waals surface area contributed by atoms with Gasteiger partial charge in [0.05, 0.1) is 11.0 Å². The van der Waals surface area contributed by atoms with Gasteiger partial charge in [0.15, 0.2) is 0 Å². The Balaban J connectivity index is 1.08. The fourth-order valence-electron chi connectivity index (χ4n) is 10.3. The number of rotatable bonds is 6. The maximum Gasteiger partial charge on any atom is 0.0547 e. The van der Waals surface area contributed by atoms with Crippen molar-refractivity contribution >= 4 is 74.9 Å². The van der Waals surface area contributed by atoms with E-state index in [9.17, 15) is 0 Å². The number of hydrogen-bond acceptors (Lipinski definition) is 1. The minimum atomic E-state index is 1.14. The molecule has 0 amide bonds. The van der Waals surface area contributed by atoms with Crippen molar-refractivity contribution < 1.29 is 0 Å². The van der Waals surface area contributed by atoms with Gasteiger partial charge < -0.3 is 4.57 Å². The molecule has 13 aromatic rings. The maximum absolute atomic E-state index is 2.50. The van der Waals surface area contributed by atoms with Crippen molar-refractivity contribution in [3.05, 3.63) is 237 Å². The van der Waals surface area contributed by atoms with Crippen LogP contribution in [0, 0.1) is 0 Å². The molecule has 0 radical (unpaired) electrons. The average molecular weight is 830 g/mol. The highest BCUT2D eigenvalue weighted by Gasteiger charge is 2.21. The maximum atomic E-state index is 2.50. The molecule has 0 N–H and O–H groups in total. The lowest BCUT2D eigenvalue weighted by Gasteiger charge is -2.19. The van der Waals surface area contributed by atoms with Crippen LogP contribution in [0.3, 0.4) is 0 Å². The van der Waals surface area contributed by atoms with Crippen molar-refractivity contribution in [2.24, 2.45) is 0 Å². The van der Waals surface area contributed by atoms with E-state index < -0.39 is 0 Å². The van der Waals surface area contributed by atoms with Gasteiger partial charge in [-0.25, -0.2) is 0 Å². The molecule has 0 aliphatic heterocycles. The molecule has 0 saturated carbocycles. The lowest BCUT2D eigenvalue weighted by molar-refractivity contribution is 1.19. The van der Waals surface area contributed by atoms with Crippen LogP contribution in [0.1, 0.15) is 0 Å². The molecule has 0 bridgehead atoms. The van der Waals surface area contributed by atoms with Crippen molar-refractivity contribution in [2.75, 3.05) is 0 Å². The fourth-order valence-corrected chi connectivity index (χ4v) is 11.5. The summed E-state index contributed by atoms with van der Waals surface area (Å²) in [5, 5.41) is 10.1. The number of benzene rings is 11. The minimum absolute atomic E-state index is 1.14. The molecule has 0 fully saturated rings. The summed E-state index contributed by atoms with van der Waals surface area (Å²) in [4.78, 5) is 0. The van der Waals surface area contributed by atoms with Crippen LogP contribution < -0.4 is 0 Å². The standard InChI is InChI=1S/C62H39NS/c1-5-17-40(18-6-1)44-30-34-59-54(35-44)56-37-46(41-19-7-2-8-20-41)36-53(62(56)64-59)45-29-32-49-48-25-15-16-28-57(48)63(58(49)38-45)47-31-33-52-55(39-47)61(43-23-11-4-12-24-43)51-27-14-13-26-50(51)60(52)42-21-9-3-10-22-42/h1-39H. The third-order valence-corrected chi connectivity index (χ3v) is 14.4. The summed E-state index contributed by atoms with van der Waals surface area (Å²) >= 11 is 1.90. The Kier molecular flexibility index (Phi) is 8.47. The van der Waals surface area contributed by atoms with Gasteiger partial charge in [-0.05, 0) is 120 Å². The average Bonchev–Trinajstić information content (AvgIpc) is 3.91. The first kappa shape index (κ1) is 36.6. The second-order valence-electron chi connectivity index (χ2n) is 16.8. The highest BCUT2D eigenvalue weighted by molar-refractivity contribution is 7.26. The van der Waals surface area contributed by atoms with Gasteiger partial charge >= 0.3 is 0 Å². The predicted octanol–water partition coefficient (Wildman–Crippen LogP) is 17.8. The van der Waals surface area contributed by atoms with Gasteiger partial charge in [-0.2, -0.15) is 0 Å². The topological polar surface area (TPSA) is 4.93 Å². The zero-order valence-electron chi connectivity index (χ0n) is 34.9. The van der Waals surface area contributed by atoms with Crippen LogP contribution in [-0.4, -0.2) is 4.57 Å². The van der Waals surface area contributed by atoms with Crippen LogP contribution in [0.5, 0.6) is 0 Å². The smallest absolute Gasteiger partial charge is 0.0547 e. The summed E-state index contributed by atoms with van der Waals surface area (Å²) < 4.78 is 5.10. The molecule has 0 aliphatic carbocycles. The highest BCUT2D eigenvalue weighted by atomic mass is 32.1. The third kappa shape index (κ3) is 5.84. The molecular formula is C62H39NS. The SMILES string of the molecule is c1ccc(-c2ccc3sc4c(-c5ccc6c7ccccc7n(-c7ccc8c(-c9ccccc9)c9ccccc9c(-c9ccccc9)c8c7)c6c5)cc(-c5ccccc5)cc4c3c2)cc1. The zero-order chi connectivity index (χ0) is 42.1. The quantitative estimate of drug-likeness (QED) is 0.147. The first-order valence-electron chi connectivity index (χ1n) is 22.0. The molecule has 0 aliphatic rings. The van der Waals surface area contributed by atoms with Gasteiger partial charge in [0.2, 0.25) is 0 Å². The van der Waals surface area contributed by atoms with Gasteiger partial charge in [0.25, 0.3) is 0 Å². The number of fused-ring (bicyclic) bond motifs is 8.